The molecular weight excluding hydrogens is 411 g/mol. The number of halogens is 2. The first-order valence-corrected chi connectivity index (χ1v) is 9.36. The molecule has 2 aromatic heterocycles. The molecule has 0 saturated heterocycles. The Hall–Kier alpha value is -3.49. The Morgan fingerprint density at radius 3 is 2.73 bits per heavy atom. The summed E-state index contributed by atoms with van der Waals surface area (Å²) in [6, 6.07) is 9.68. The van der Waals surface area contributed by atoms with Gasteiger partial charge in [-0.05, 0) is 48.4 Å². The van der Waals surface area contributed by atoms with Gasteiger partial charge in [-0.25, -0.2) is 19.2 Å². The molecule has 0 saturated carbocycles. The Balaban J connectivity index is 1.77. The molecule has 7 nitrogen and oxygen atoms in total. The number of aromatic nitrogens is 3. The van der Waals surface area contributed by atoms with Crippen LogP contribution in [0.1, 0.15) is 15.9 Å². The van der Waals surface area contributed by atoms with E-state index in [1.807, 2.05) is 12.1 Å². The highest BCUT2D eigenvalue weighted by atomic mass is 35.5. The molecule has 0 aliphatic carbocycles. The van der Waals surface area contributed by atoms with Crippen molar-refractivity contribution >= 4 is 40.0 Å². The smallest absolute Gasteiger partial charge is 0.337 e. The number of fused-ring (bicyclic) bond motifs is 1. The number of hydrogen-bond donors (Lipinski definition) is 3. The van der Waals surface area contributed by atoms with Crippen LogP contribution < -0.4 is 5.32 Å². The molecule has 2 heterocycles. The molecule has 0 atom stereocenters. The quantitative estimate of drug-likeness (QED) is 0.427. The third-order valence-corrected chi connectivity index (χ3v) is 4.91. The number of nitrogens with one attached hydrogen (secondary N) is 1. The molecule has 9 heteroatoms. The van der Waals surface area contributed by atoms with Crippen molar-refractivity contribution in [2.24, 2.45) is 0 Å². The lowest BCUT2D eigenvalue weighted by Gasteiger charge is -2.11. The molecule has 30 heavy (non-hydrogen) atoms. The maximum atomic E-state index is 13.4. The van der Waals surface area contributed by atoms with E-state index in [0.717, 1.165) is 0 Å². The lowest BCUT2D eigenvalue weighted by atomic mass is 10.1. The van der Waals surface area contributed by atoms with Gasteiger partial charge in [0, 0.05) is 35.8 Å². The summed E-state index contributed by atoms with van der Waals surface area (Å²) in [5, 5.41) is 22.4. The number of rotatable bonds is 6. The van der Waals surface area contributed by atoms with E-state index in [0.29, 0.717) is 33.7 Å². The summed E-state index contributed by atoms with van der Waals surface area (Å²) in [7, 11) is 0. The Bertz CT molecular complexity index is 1260. The molecule has 0 unspecified atom stereocenters. The van der Waals surface area contributed by atoms with E-state index < -0.39 is 11.8 Å². The minimum Gasteiger partial charge on any atom is -0.478 e. The summed E-state index contributed by atoms with van der Waals surface area (Å²) >= 11 is 5.86. The van der Waals surface area contributed by atoms with Gasteiger partial charge in [-0.3, -0.25) is 0 Å². The number of aliphatic hydroxyl groups is 1. The fourth-order valence-electron chi connectivity index (χ4n) is 3.17. The fraction of sp³-hybridized carbons (Fsp3) is 0.0952. The van der Waals surface area contributed by atoms with Crippen molar-refractivity contribution in [1.82, 2.24) is 14.5 Å². The van der Waals surface area contributed by atoms with Gasteiger partial charge in [-0.2, -0.15) is 0 Å². The van der Waals surface area contributed by atoms with Crippen LogP contribution in [0.4, 0.5) is 15.9 Å². The van der Waals surface area contributed by atoms with E-state index in [2.05, 4.69) is 15.3 Å². The highest BCUT2D eigenvalue weighted by Crippen LogP contribution is 2.28. The molecule has 4 aromatic rings. The number of anilines is 2. The Morgan fingerprint density at radius 2 is 2.00 bits per heavy atom. The van der Waals surface area contributed by atoms with Gasteiger partial charge in [0.05, 0.1) is 16.1 Å². The zero-order valence-electron chi connectivity index (χ0n) is 15.5. The number of carboxylic acids is 1. The van der Waals surface area contributed by atoms with Crippen LogP contribution in [-0.2, 0) is 6.42 Å². The SMILES string of the molecule is O=C(O)c1cn(-c2ccc3ncnc(Nc4ccc(F)c(Cl)c4)c3c2)cc1CCO. The maximum Gasteiger partial charge on any atom is 0.337 e. The largest absolute Gasteiger partial charge is 0.478 e. The highest BCUT2D eigenvalue weighted by molar-refractivity contribution is 6.31. The molecule has 0 amide bonds. The van der Waals surface area contributed by atoms with Crippen LogP contribution >= 0.6 is 11.6 Å². The Labute approximate surface area is 175 Å². The lowest BCUT2D eigenvalue weighted by Crippen LogP contribution is -2.00. The number of nitrogens with zero attached hydrogens (tertiary/aromatic N) is 3. The maximum absolute atomic E-state index is 13.4. The van der Waals surface area contributed by atoms with E-state index in [1.54, 1.807) is 22.9 Å². The van der Waals surface area contributed by atoms with E-state index in [-0.39, 0.29) is 23.6 Å². The first kappa shape index (κ1) is 19.8. The molecule has 2 aromatic carbocycles. The molecule has 3 N–H and O–H groups in total. The van der Waals surface area contributed by atoms with E-state index in [9.17, 15) is 19.4 Å². The van der Waals surface area contributed by atoms with Crippen molar-refractivity contribution in [3.63, 3.8) is 0 Å². The van der Waals surface area contributed by atoms with Gasteiger partial charge in [-0.1, -0.05) is 11.6 Å². The number of aromatic carboxylic acids is 1. The molecule has 0 fully saturated rings. The lowest BCUT2D eigenvalue weighted by molar-refractivity contribution is 0.0695. The monoisotopic (exact) mass is 426 g/mol. The van der Waals surface area contributed by atoms with Crippen LogP contribution in [0.3, 0.4) is 0 Å². The minimum absolute atomic E-state index is 0.0102. The predicted molar refractivity (Wildman–Crippen MR) is 111 cm³/mol. The van der Waals surface area contributed by atoms with Crippen molar-refractivity contribution in [2.45, 2.75) is 6.42 Å². The van der Waals surface area contributed by atoms with Gasteiger partial charge in [-0.15, -0.1) is 0 Å². The van der Waals surface area contributed by atoms with Crippen molar-refractivity contribution < 1.29 is 19.4 Å². The second-order valence-corrected chi connectivity index (χ2v) is 6.97. The Morgan fingerprint density at radius 1 is 1.17 bits per heavy atom. The van der Waals surface area contributed by atoms with Gasteiger partial charge in [0.15, 0.2) is 0 Å². The van der Waals surface area contributed by atoms with Crippen LogP contribution in [-0.4, -0.2) is 37.3 Å². The molecule has 152 valence electrons. The van der Waals surface area contributed by atoms with Gasteiger partial charge in [0.25, 0.3) is 0 Å². The average Bonchev–Trinajstić information content (AvgIpc) is 3.15. The Kier molecular flexibility index (Phi) is 5.35. The summed E-state index contributed by atoms with van der Waals surface area (Å²) in [6.07, 6.45) is 4.83. The van der Waals surface area contributed by atoms with Crippen LogP contribution in [0.2, 0.25) is 5.02 Å². The van der Waals surface area contributed by atoms with E-state index in [1.165, 1.54) is 24.7 Å². The molecule has 0 radical (unpaired) electrons. The number of aliphatic hydroxyl groups excluding tert-OH is 1. The van der Waals surface area contributed by atoms with E-state index in [4.69, 9.17) is 11.6 Å². The summed E-state index contributed by atoms with van der Waals surface area (Å²) in [4.78, 5) is 20.0. The van der Waals surface area contributed by atoms with Crippen LogP contribution in [0.25, 0.3) is 16.6 Å². The second-order valence-electron chi connectivity index (χ2n) is 6.56. The topological polar surface area (TPSA) is 100 Å². The normalized spacial score (nSPS) is 11.0. The molecule has 0 aliphatic heterocycles. The fourth-order valence-corrected chi connectivity index (χ4v) is 3.35. The van der Waals surface area contributed by atoms with Crippen molar-refractivity contribution in [1.29, 1.82) is 0 Å². The number of carboxylic acid groups (broad SMARTS) is 1. The molecule has 0 aliphatic rings. The average molecular weight is 427 g/mol. The zero-order valence-corrected chi connectivity index (χ0v) is 16.3. The highest BCUT2D eigenvalue weighted by Gasteiger charge is 2.15. The first-order chi connectivity index (χ1) is 14.5. The molecular formula is C21H16ClFN4O3. The van der Waals surface area contributed by atoms with E-state index >= 15 is 0 Å². The van der Waals surface area contributed by atoms with Crippen molar-refractivity contribution in [3.8, 4) is 5.69 Å². The van der Waals surface area contributed by atoms with Crippen LogP contribution in [0.5, 0.6) is 0 Å². The van der Waals surface area contributed by atoms with Gasteiger partial charge in [0.2, 0.25) is 0 Å². The van der Waals surface area contributed by atoms with Crippen LogP contribution in [0, 0.1) is 5.82 Å². The third kappa shape index (κ3) is 3.83. The van der Waals surface area contributed by atoms with Crippen molar-refractivity contribution in [3.05, 3.63) is 77.1 Å². The summed E-state index contributed by atoms with van der Waals surface area (Å²) in [5.74, 6) is -1.08. The standard InChI is InChI=1S/C21H16ClFN4O3/c22-17-7-13(1-3-18(17)23)26-20-15-8-14(2-4-19(15)24-11-25-20)27-9-12(5-6-28)16(10-27)21(29)30/h1-4,7-11,28H,5-6H2,(H,29,30)(H,24,25,26). The molecule has 0 spiro atoms. The number of benzene rings is 2. The number of carbonyl (C=O) groups is 1. The molecule has 4 rings (SSSR count). The molecule has 0 bridgehead atoms. The zero-order chi connectivity index (χ0) is 21.3. The van der Waals surface area contributed by atoms with Gasteiger partial charge in [0.1, 0.15) is 18.0 Å². The summed E-state index contributed by atoms with van der Waals surface area (Å²) in [6.45, 7) is -0.149. The minimum atomic E-state index is -1.06. The van der Waals surface area contributed by atoms with Crippen molar-refractivity contribution in [2.75, 3.05) is 11.9 Å². The summed E-state index contributed by atoms with van der Waals surface area (Å²) in [5.41, 5.74) is 2.60. The summed E-state index contributed by atoms with van der Waals surface area (Å²) < 4.78 is 15.1. The second kappa shape index (κ2) is 8.10. The van der Waals surface area contributed by atoms with Crippen LogP contribution in [0.15, 0.2) is 55.1 Å². The van der Waals surface area contributed by atoms with Gasteiger partial charge < -0.3 is 20.1 Å². The number of hydrogen-bond acceptors (Lipinski definition) is 5. The third-order valence-electron chi connectivity index (χ3n) is 4.62. The predicted octanol–water partition coefficient (Wildman–Crippen LogP) is 4.19. The van der Waals surface area contributed by atoms with Gasteiger partial charge >= 0.3 is 5.97 Å². The first-order valence-electron chi connectivity index (χ1n) is 8.98.